The van der Waals surface area contributed by atoms with E-state index in [4.69, 9.17) is 5.11 Å². The summed E-state index contributed by atoms with van der Waals surface area (Å²) < 4.78 is 14.0. The van der Waals surface area contributed by atoms with Crippen LogP contribution in [0.15, 0.2) is 18.2 Å². The van der Waals surface area contributed by atoms with E-state index in [1.54, 1.807) is 4.90 Å². The lowest BCUT2D eigenvalue weighted by atomic mass is 10.1. The van der Waals surface area contributed by atoms with E-state index < -0.39 is 28.4 Å². The number of benzene rings is 1. The van der Waals surface area contributed by atoms with Crippen LogP contribution in [0.2, 0.25) is 0 Å². The van der Waals surface area contributed by atoms with Gasteiger partial charge in [0.05, 0.1) is 4.92 Å². The van der Waals surface area contributed by atoms with Gasteiger partial charge in [0, 0.05) is 36.2 Å². The van der Waals surface area contributed by atoms with E-state index in [-0.39, 0.29) is 12.1 Å². The van der Waals surface area contributed by atoms with Crippen LogP contribution < -0.4 is 0 Å². The molecule has 1 unspecified atom stereocenters. The molecule has 1 N–H and O–H groups in total. The molecule has 6 nitrogen and oxygen atoms in total. The second-order valence-corrected chi connectivity index (χ2v) is 5.56. The highest BCUT2D eigenvalue weighted by molar-refractivity contribution is 7.99. The molecule has 0 amide bonds. The van der Waals surface area contributed by atoms with E-state index in [2.05, 4.69) is 0 Å². The molecule has 1 aliphatic rings. The zero-order valence-electron chi connectivity index (χ0n) is 10.5. The molecule has 0 radical (unpaired) electrons. The molecule has 0 spiro atoms. The van der Waals surface area contributed by atoms with Gasteiger partial charge in [-0.05, 0) is 0 Å². The summed E-state index contributed by atoms with van der Waals surface area (Å²) in [7, 11) is 0. The number of carboxylic acid groups (broad SMARTS) is 1. The van der Waals surface area contributed by atoms with Crippen LogP contribution in [-0.4, -0.2) is 45.0 Å². The lowest BCUT2D eigenvalue weighted by Crippen LogP contribution is -2.46. The number of nitro groups is 1. The summed E-state index contributed by atoms with van der Waals surface area (Å²) in [5.74, 6) is -0.644. The molecule has 0 aliphatic carbocycles. The maximum atomic E-state index is 14.0. The van der Waals surface area contributed by atoms with E-state index in [0.717, 1.165) is 11.8 Å². The third-order valence-electron chi connectivity index (χ3n) is 3.15. The molecule has 1 saturated heterocycles. The normalized spacial score (nSPS) is 19.8. The smallest absolute Gasteiger partial charge is 0.321 e. The minimum atomic E-state index is -0.956. The highest BCUT2D eigenvalue weighted by atomic mass is 32.2. The highest BCUT2D eigenvalue weighted by Crippen LogP contribution is 2.24. The number of nitro benzene ring substituents is 1. The third kappa shape index (κ3) is 3.07. The van der Waals surface area contributed by atoms with Crippen LogP contribution in [0.4, 0.5) is 10.1 Å². The van der Waals surface area contributed by atoms with Gasteiger partial charge in [-0.25, -0.2) is 0 Å². The SMILES string of the molecule is O=C(O)C1CSCCN1Cc1cccc([N+](=O)[O-])c1F. The molecule has 1 atom stereocenters. The average Bonchev–Trinajstić information content (AvgIpc) is 2.41. The number of aliphatic carboxylic acids is 1. The minimum Gasteiger partial charge on any atom is -0.480 e. The molecule has 1 fully saturated rings. The Kier molecular flexibility index (Phi) is 4.56. The first-order valence-corrected chi connectivity index (χ1v) is 7.12. The van der Waals surface area contributed by atoms with Crippen LogP contribution in [0.3, 0.4) is 0 Å². The first-order valence-electron chi connectivity index (χ1n) is 5.97. The summed E-state index contributed by atoms with van der Waals surface area (Å²) in [4.78, 5) is 22.7. The summed E-state index contributed by atoms with van der Waals surface area (Å²) in [6.07, 6.45) is 0. The molecule has 2 rings (SSSR count). The number of nitrogens with zero attached hydrogens (tertiary/aromatic N) is 2. The van der Waals surface area contributed by atoms with Gasteiger partial charge in [0.25, 0.3) is 0 Å². The number of carbonyl (C=O) groups is 1. The fraction of sp³-hybridized carbons (Fsp3) is 0.417. The van der Waals surface area contributed by atoms with Crippen molar-refractivity contribution in [3.05, 3.63) is 39.7 Å². The third-order valence-corrected chi connectivity index (χ3v) is 4.18. The molecule has 8 heteroatoms. The number of rotatable bonds is 4. The summed E-state index contributed by atoms with van der Waals surface area (Å²) >= 11 is 1.53. The Hall–Kier alpha value is -1.67. The Bertz CT molecular complexity index is 540. The molecule has 1 aliphatic heterocycles. The van der Waals surface area contributed by atoms with E-state index in [0.29, 0.717) is 12.3 Å². The predicted octanol–water partition coefficient (Wildman–Crippen LogP) is 1.74. The van der Waals surface area contributed by atoms with Crippen LogP contribution in [0, 0.1) is 15.9 Å². The molecular formula is C12H13FN2O4S. The van der Waals surface area contributed by atoms with Crippen LogP contribution in [0.25, 0.3) is 0 Å². The molecule has 108 valence electrons. The van der Waals surface area contributed by atoms with Crippen LogP contribution in [-0.2, 0) is 11.3 Å². The van der Waals surface area contributed by atoms with Gasteiger partial charge in [-0.15, -0.1) is 0 Å². The van der Waals surface area contributed by atoms with E-state index in [9.17, 15) is 19.3 Å². The first kappa shape index (κ1) is 14.7. The maximum Gasteiger partial charge on any atom is 0.321 e. The van der Waals surface area contributed by atoms with Crippen molar-refractivity contribution in [3.8, 4) is 0 Å². The Morgan fingerprint density at radius 2 is 2.35 bits per heavy atom. The number of hydrogen-bond acceptors (Lipinski definition) is 5. The fourth-order valence-corrected chi connectivity index (χ4v) is 3.21. The Labute approximate surface area is 118 Å². The fourth-order valence-electron chi connectivity index (χ4n) is 2.10. The predicted molar refractivity (Wildman–Crippen MR) is 72.2 cm³/mol. The van der Waals surface area contributed by atoms with Crippen molar-refractivity contribution in [1.82, 2.24) is 4.90 Å². The van der Waals surface area contributed by atoms with Crippen molar-refractivity contribution in [2.75, 3.05) is 18.1 Å². The van der Waals surface area contributed by atoms with E-state index >= 15 is 0 Å². The largest absolute Gasteiger partial charge is 0.480 e. The molecule has 0 saturated carbocycles. The Morgan fingerprint density at radius 1 is 1.60 bits per heavy atom. The Morgan fingerprint density at radius 3 is 3.00 bits per heavy atom. The number of thioether (sulfide) groups is 1. The van der Waals surface area contributed by atoms with Gasteiger partial charge in [-0.1, -0.05) is 12.1 Å². The molecule has 1 aromatic rings. The molecule has 0 aromatic heterocycles. The van der Waals surface area contributed by atoms with Crippen LogP contribution in [0.1, 0.15) is 5.56 Å². The van der Waals surface area contributed by atoms with Gasteiger partial charge in [-0.2, -0.15) is 16.2 Å². The van der Waals surface area contributed by atoms with Crippen LogP contribution >= 0.6 is 11.8 Å². The molecule has 1 heterocycles. The van der Waals surface area contributed by atoms with Crippen molar-refractivity contribution in [2.24, 2.45) is 0 Å². The van der Waals surface area contributed by atoms with Gasteiger partial charge < -0.3 is 5.11 Å². The first-order chi connectivity index (χ1) is 9.50. The van der Waals surface area contributed by atoms with Gasteiger partial charge >= 0.3 is 11.7 Å². The lowest BCUT2D eigenvalue weighted by molar-refractivity contribution is -0.387. The summed E-state index contributed by atoms with van der Waals surface area (Å²) in [6.45, 7) is 0.578. The number of hydrogen-bond donors (Lipinski definition) is 1. The van der Waals surface area contributed by atoms with E-state index in [1.807, 2.05) is 0 Å². The average molecular weight is 300 g/mol. The molecular weight excluding hydrogens is 287 g/mol. The summed E-state index contributed by atoms with van der Waals surface area (Å²) in [6, 6.07) is 3.26. The van der Waals surface area contributed by atoms with Crippen molar-refractivity contribution in [3.63, 3.8) is 0 Å². The van der Waals surface area contributed by atoms with Crippen LogP contribution in [0.5, 0.6) is 0 Å². The highest BCUT2D eigenvalue weighted by Gasteiger charge is 2.30. The summed E-state index contributed by atoms with van der Waals surface area (Å²) in [5, 5.41) is 19.8. The standard InChI is InChI=1S/C12H13FN2O4S/c13-11-8(2-1-3-9(11)15(18)19)6-14-4-5-20-7-10(14)12(16)17/h1-3,10H,4-7H2,(H,16,17). The zero-order valence-corrected chi connectivity index (χ0v) is 11.3. The quantitative estimate of drug-likeness (QED) is 0.673. The number of halogens is 1. The minimum absolute atomic E-state index is 0.0606. The van der Waals surface area contributed by atoms with Crippen molar-refractivity contribution in [2.45, 2.75) is 12.6 Å². The monoisotopic (exact) mass is 300 g/mol. The lowest BCUT2D eigenvalue weighted by Gasteiger charge is -2.32. The Balaban J connectivity index is 2.22. The van der Waals surface area contributed by atoms with Crippen molar-refractivity contribution in [1.29, 1.82) is 0 Å². The molecule has 0 bridgehead atoms. The van der Waals surface area contributed by atoms with Gasteiger partial charge in [-0.3, -0.25) is 19.8 Å². The van der Waals surface area contributed by atoms with E-state index in [1.165, 1.54) is 23.9 Å². The molecule has 20 heavy (non-hydrogen) atoms. The van der Waals surface area contributed by atoms with Gasteiger partial charge in [0.1, 0.15) is 6.04 Å². The topological polar surface area (TPSA) is 83.7 Å². The second-order valence-electron chi connectivity index (χ2n) is 4.41. The maximum absolute atomic E-state index is 14.0. The second kappa shape index (κ2) is 6.19. The van der Waals surface area contributed by atoms with Crippen molar-refractivity contribution < 1.29 is 19.2 Å². The summed E-state index contributed by atoms with van der Waals surface area (Å²) in [5.41, 5.74) is -0.432. The molecule has 1 aromatic carbocycles. The van der Waals surface area contributed by atoms with Gasteiger partial charge in [0.2, 0.25) is 5.82 Å². The van der Waals surface area contributed by atoms with Gasteiger partial charge in [0.15, 0.2) is 0 Å². The zero-order chi connectivity index (χ0) is 14.7. The number of carboxylic acids is 1. The van der Waals surface area contributed by atoms with Crippen molar-refractivity contribution >= 4 is 23.4 Å².